The van der Waals surface area contributed by atoms with Gasteiger partial charge in [-0.3, -0.25) is 14.8 Å². The van der Waals surface area contributed by atoms with Crippen LogP contribution in [0.2, 0.25) is 0 Å². The van der Waals surface area contributed by atoms with Crippen LogP contribution in [0.4, 0.5) is 0 Å². The van der Waals surface area contributed by atoms with E-state index in [0.29, 0.717) is 25.9 Å². The molecule has 2 atom stereocenters. The predicted molar refractivity (Wildman–Crippen MR) is 103 cm³/mol. The monoisotopic (exact) mass is 366 g/mol. The molecule has 0 aliphatic carbocycles. The molecule has 1 aliphatic rings. The van der Waals surface area contributed by atoms with Crippen molar-refractivity contribution in [2.45, 2.75) is 32.1 Å². The van der Waals surface area contributed by atoms with Gasteiger partial charge in [-0.15, -0.1) is 0 Å². The summed E-state index contributed by atoms with van der Waals surface area (Å²) in [5.41, 5.74) is 4.35. The molecule has 1 saturated heterocycles. The lowest BCUT2D eigenvalue weighted by molar-refractivity contribution is -0.137. The van der Waals surface area contributed by atoms with Crippen LogP contribution in [0.25, 0.3) is 0 Å². The summed E-state index contributed by atoms with van der Waals surface area (Å²) < 4.78 is 0. The molecule has 2 unspecified atom stereocenters. The second kappa shape index (κ2) is 7.92. The lowest BCUT2D eigenvalue weighted by Crippen LogP contribution is -2.42. The molecule has 5 nitrogen and oxygen atoms in total. The molecule has 2 aromatic rings. The molecule has 5 heteroatoms. The zero-order chi connectivity index (χ0) is 19.4. The Morgan fingerprint density at radius 3 is 2.48 bits per heavy atom. The average molecular weight is 366 g/mol. The third-order valence-corrected chi connectivity index (χ3v) is 5.58. The Kier molecular flexibility index (Phi) is 5.61. The predicted octanol–water partition coefficient (Wildman–Crippen LogP) is 2.85. The molecule has 2 amide bonds. The Hall–Kier alpha value is -2.66. The highest BCUT2D eigenvalue weighted by Crippen LogP contribution is 2.36. The fourth-order valence-electron chi connectivity index (χ4n) is 3.78. The van der Waals surface area contributed by atoms with E-state index in [-0.39, 0.29) is 5.91 Å². The Morgan fingerprint density at radius 1 is 1.19 bits per heavy atom. The van der Waals surface area contributed by atoms with Crippen molar-refractivity contribution < 1.29 is 14.8 Å². The van der Waals surface area contributed by atoms with E-state index in [2.05, 4.69) is 0 Å². The summed E-state index contributed by atoms with van der Waals surface area (Å²) in [5.74, 6) is -0.924. The maximum Gasteiger partial charge on any atom is 0.248 e. The van der Waals surface area contributed by atoms with E-state index in [1.54, 1.807) is 10.4 Å². The van der Waals surface area contributed by atoms with Crippen molar-refractivity contribution in [3.63, 3.8) is 0 Å². The quantitative estimate of drug-likeness (QED) is 0.610. The number of carbonyl (C=O) groups is 2. The number of nitrogens with one attached hydrogen (secondary N) is 1. The summed E-state index contributed by atoms with van der Waals surface area (Å²) in [6, 6.07) is 17.7. The van der Waals surface area contributed by atoms with E-state index < -0.39 is 17.2 Å². The van der Waals surface area contributed by atoms with Crippen LogP contribution < -0.4 is 5.48 Å². The van der Waals surface area contributed by atoms with Crippen LogP contribution in [-0.4, -0.2) is 35.0 Å². The number of amides is 2. The zero-order valence-corrected chi connectivity index (χ0v) is 15.8. The first-order chi connectivity index (χ1) is 12.9. The smallest absolute Gasteiger partial charge is 0.248 e. The Bertz CT molecular complexity index is 804. The Balaban J connectivity index is 1.76. The van der Waals surface area contributed by atoms with Crippen molar-refractivity contribution in [1.29, 1.82) is 0 Å². The maximum absolute atomic E-state index is 13.1. The van der Waals surface area contributed by atoms with Gasteiger partial charge >= 0.3 is 0 Å². The summed E-state index contributed by atoms with van der Waals surface area (Å²) >= 11 is 0. The number of rotatable bonds is 6. The topological polar surface area (TPSA) is 69.6 Å². The van der Waals surface area contributed by atoms with Gasteiger partial charge in [-0.2, -0.15) is 0 Å². The summed E-state index contributed by atoms with van der Waals surface area (Å²) in [7, 11) is 0. The van der Waals surface area contributed by atoms with Gasteiger partial charge in [0.15, 0.2) is 0 Å². The second-order valence-electron chi connectivity index (χ2n) is 7.56. The van der Waals surface area contributed by atoms with Crippen molar-refractivity contribution in [2.24, 2.45) is 5.92 Å². The number of hydrogen-bond acceptors (Lipinski definition) is 3. The minimum absolute atomic E-state index is 0.0372. The van der Waals surface area contributed by atoms with Gasteiger partial charge < -0.3 is 4.90 Å². The summed E-state index contributed by atoms with van der Waals surface area (Å²) in [6.07, 6.45) is 1.19. The minimum atomic E-state index is -0.569. The molecular weight excluding hydrogens is 340 g/mol. The van der Waals surface area contributed by atoms with Crippen molar-refractivity contribution in [1.82, 2.24) is 10.4 Å². The van der Waals surface area contributed by atoms with Crippen molar-refractivity contribution in [3.8, 4) is 0 Å². The molecule has 1 fully saturated rings. The van der Waals surface area contributed by atoms with Crippen LogP contribution >= 0.6 is 0 Å². The molecule has 1 heterocycles. The first-order valence-electron chi connectivity index (χ1n) is 9.28. The molecule has 0 radical (unpaired) electrons. The molecule has 142 valence electrons. The maximum atomic E-state index is 13.1. The highest BCUT2D eigenvalue weighted by molar-refractivity contribution is 5.90. The average Bonchev–Trinajstić information content (AvgIpc) is 2.97. The van der Waals surface area contributed by atoms with E-state index >= 15 is 0 Å². The molecule has 0 aromatic heterocycles. The third-order valence-electron chi connectivity index (χ3n) is 5.58. The molecule has 0 saturated carbocycles. The normalized spacial score (nSPS) is 20.6. The number of aryl methyl sites for hydroxylation is 1. The van der Waals surface area contributed by atoms with E-state index in [1.165, 1.54) is 0 Å². The largest absolute Gasteiger partial charge is 0.341 e. The number of likely N-dealkylation sites (tertiary alicyclic amines) is 1. The highest BCUT2D eigenvalue weighted by atomic mass is 16.5. The van der Waals surface area contributed by atoms with Crippen LogP contribution in [-0.2, 0) is 21.4 Å². The van der Waals surface area contributed by atoms with E-state index in [0.717, 1.165) is 16.7 Å². The first kappa shape index (κ1) is 19.1. The molecular formula is C22H26N2O3. The van der Waals surface area contributed by atoms with Crippen molar-refractivity contribution >= 4 is 11.8 Å². The SMILES string of the molecule is Cc1ccc(C2(C)CCN(CC(Cc3ccccc3)C(=O)NO)C2=O)cc1. The summed E-state index contributed by atoms with van der Waals surface area (Å²) in [4.78, 5) is 27.1. The highest BCUT2D eigenvalue weighted by Gasteiger charge is 2.44. The van der Waals surface area contributed by atoms with Crippen LogP contribution in [0.15, 0.2) is 54.6 Å². The van der Waals surface area contributed by atoms with Gasteiger partial charge in [0.2, 0.25) is 11.8 Å². The van der Waals surface area contributed by atoms with Gasteiger partial charge in [0, 0.05) is 13.1 Å². The van der Waals surface area contributed by atoms with Gasteiger partial charge in [0.1, 0.15) is 0 Å². The van der Waals surface area contributed by atoms with Gasteiger partial charge in [-0.25, -0.2) is 5.48 Å². The molecule has 2 aromatic carbocycles. The van der Waals surface area contributed by atoms with Crippen LogP contribution in [0.5, 0.6) is 0 Å². The number of hydroxylamine groups is 1. The molecule has 0 spiro atoms. The van der Waals surface area contributed by atoms with E-state index in [9.17, 15) is 9.59 Å². The van der Waals surface area contributed by atoms with Crippen LogP contribution in [0.3, 0.4) is 0 Å². The number of nitrogens with zero attached hydrogens (tertiary/aromatic N) is 1. The van der Waals surface area contributed by atoms with E-state index in [4.69, 9.17) is 5.21 Å². The zero-order valence-electron chi connectivity index (χ0n) is 15.8. The Morgan fingerprint density at radius 2 is 1.85 bits per heavy atom. The second-order valence-corrected chi connectivity index (χ2v) is 7.56. The minimum Gasteiger partial charge on any atom is -0.341 e. The fourth-order valence-corrected chi connectivity index (χ4v) is 3.78. The molecule has 1 aliphatic heterocycles. The van der Waals surface area contributed by atoms with Gasteiger partial charge in [0.05, 0.1) is 11.3 Å². The summed E-state index contributed by atoms with van der Waals surface area (Å²) in [5, 5.41) is 9.13. The third kappa shape index (κ3) is 4.03. The van der Waals surface area contributed by atoms with E-state index in [1.807, 2.05) is 68.4 Å². The van der Waals surface area contributed by atoms with Gasteiger partial charge in [-0.1, -0.05) is 60.2 Å². The number of hydrogen-bond donors (Lipinski definition) is 2. The lowest BCUT2D eigenvalue weighted by atomic mass is 9.81. The molecule has 27 heavy (non-hydrogen) atoms. The van der Waals surface area contributed by atoms with Crippen molar-refractivity contribution in [3.05, 3.63) is 71.3 Å². The molecule has 3 rings (SSSR count). The lowest BCUT2D eigenvalue weighted by Gasteiger charge is -2.26. The number of benzene rings is 2. The van der Waals surface area contributed by atoms with Crippen LogP contribution in [0, 0.1) is 12.8 Å². The van der Waals surface area contributed by atoms with Crippen molar-refractivity contribution in [2.75, 3.05) is 13.1 Å². The van der Waals surface area contributed by atoms with Crippen LogP contribution in [0.1, 0.15) is 30.0 Å². The fraction of sp³-hybridized carbons (Fsp3) is 0.364. The standard InChI is InChI=1S/C22H26N2O3/c1-16-8-10-19(11-9-16)22(2)12-13-24(21(22)26)15-18(20(25)23-27)14-17-6-4-3-5-7-17/h3-11,18,27H,12-15H2,1-2H3,(H,23,25). The Labute approximate surface area is 160 Å². The van der Waals surface area contributed by atoms with Gasteiger partial charge in [0.25, 0.3) is 0 Å². The molecule has 0 bridgehead atoms. The molecule has 2 N–H and O–H groups in total. The van der Waals surface area contributed by atoms with Gasteiger partial charge in [-0.05, 0) is 37.8 Å². The number of carbonyl (C=O) groups excluding carboxylic acids is 2. The summed E-state index contributed by atoms with van der Waals surface area (Å²) in [6.45, 7) is 4.89. The first-order valence-corrected chi connectivity index (χ1v) is 9.28.